The van der Waals surface area contributed by atoms with Gasteiger partial charge in [-0.15, -0.1) is 0 Å². The Kier molecular flexibility index (Phi) is 5.79. The van der Waals surface area contributed by atoms with E-state index in [9.17, 15) is 9.59 Å². The van der Waals surface area contributed by atoms with Crippen LogP contribution in [0.3, 0.4) is 0 Å². The first-order valence-corrected chi connectivity index (χ1v) is 6.36. The number of hydrogen-bond donors (Lipinski definition) is 3. The molecule has 3 N–H and O–H groups in total. The number of halogens is 1. The molecule has 0 aliphatic carbocycles. The van der Waals surface area contributed by atoms with Gasteiger partial charge in [0.1, 0.15) is 0 Å². The van der Waals surface area contributed by atoms with Crippen LogP contribution in [0, 0.1) is 0 Å². The molecule has 0 saturated carbocycles. The van der Waals surface area contributed by atoms with Crippen LogP contribution < -0.4 is 16.0 Å². The average molecular weight is 284 g/mol. The largest absolute Gasteiger partial charge is 0.341 e. The van der Waals surface area contributed by atoms with Crippen LogP contribution in [0.4, 0.5) is 4.79 Å². The van der Waals surface area contributed by atoms with Crippen LogP contribution in [0.1, 0.15) is 25.5 Å². The molecule has 5 nitrogen and oxygen atoms in total. The molecule has 0 saturated heterocycles. The van der Waals surface area contributed by atoms with Crippen molar-refractivity contribution in [2.45, 2.75) is 25.9 Å². The third-order valence-corrected chi connectivity index (χ3v) is 2.94. The van der Waals surface area contributed by atoms with E-state index in [1.807, 2.05) is 25.1 Å². The monoisotopic (exact) mass is 283 g/mol. The van der Waals surface area contributed by atoms with Crippen LogP contribution in [0.2, 0.25) is 5.02 Å². The normalized spacial score (nSPS) is 13.5. The molecule has 0 unspecified atom stereocenters. The van der Waals surface area contributed by atoms with Gasteiger partial charge in [0.15, 0.2) is 0 Å². The van der Waals surface area contributed by atoms with Crippen LogP contribution in [0.25, 0.3) is 0 Å². The summed E-state index contributed by atoms with van der Waals surface area (Å²) in [4.78, 5) is 22.7. The van der Waals surface area contributed by atoms with Crippen molar-refractivity contribution < 1.29 is 9.59 Å². The van der Waals surface area contributed by atoms with Crippen molar-refractivity contribution in [1.82, 2.24) is 16.0 Å². The molecule has 3 amide bonds. The highest BCUT2D eigenvalue weighted by Gasteiger charge is 2.17. The smallest absolute Gasteiger partial charge is 0.321 e. The van der Waals surface area contributed by atoms with E-state index in [2.05, 4.69) is 16.0 Å². The number of hydrogen-bond acceptors (Lipinski definition) is 3. The Morgan fingerprint density at radius 1 is 1.26 bits per heavy atom. The molecule has 0 aliphatic rings. The third kappa shape index (κ3) is 4.89. The lowest BCUT2D eigenvalue weighted by Gasteiger charge is -2.19. The Hall–Kier alpha value is -1.59. The van der Waals surface area contributed by atoms with Gasteiger partial charge in [-0.25, -0.2) is 4.79 Å². The maximum atomic E-state index is 11.7. The summed E-state index contributed by atoms with van der Waals surface area (Å²) in [6.07, 6.45) is 0. The van der Waals surface area contributed by atoms with E-state index < -0.39 is 12.1 Å². The van der Waals surface area contributed by atoms with Gasteiger partial charge in [-0.05, 0) is 31.5 Å². The third-order valence-electron chi connectivity index (χ3n) is 2.71. The maximum Gasteiger partial charge on any atom is 0.321 e. The molecule has 1 rings (SSSR count). The lowest BCUT2D eigenvalue weighted by Crippen LogP contribution is -2.47. The lowest BCUT2D eigenvalue weighted by molar-refractivity contribution is -0.121. The lowest BCUT2D eigenvalue weighted by atomic mass is 10.1. The van der Waals surface area contributed by atoms with Gasteiger partial charge in [-0.1, -0.05) is 23.7 Å². The van der Waals surface area contributed by atoms with Crippen LogP contribution in [-0.4, -0.2) is 25.0 Å². The SMILES string of the molecule is CNC(=O)NC(=O)[C@H](C)N[C@H](C)c1cccc(Cl)c1. The van der Waals surface area contributed by atoms with Crippen molar-refractivity contribution in [3.05, 3.63) is 34.9 Å². The molecule has 0 aliphatic heterocycles. The summed E-state index contributed by atoms with van der Waals surface area (Å²) in [5.74, 6) is -0.381. The average Bonchev–Trinajstić information content (AvgIpc) is 2.38. The highest BCUT2D eigenvalue weighted by Crippen LogP contribution is 2.17. The van der Waals surface area contributed by atoms with E-state index in [1.54, 1.807) is 13.0 Å². The Labute approximate surface area is 117 Å². The van der Waals surface area contributed by atoms with E-state index in [0.717, 1.165) is 5.56 Å². The number of benzene rings is 1. The number of imide groups is 1. The minimum atomic E-state index is -0.519. The zero-order chi connectivity index (χ0) is 14.4. The molecule has 1 aromatic rings. The summed E-state index contributed by atoms with van der Waals surface area (Å²) >= 11 is 5.92. The molecule has 104 valence electrons. The van der Waals surface area contributed by atoms with E-state index in [0.29, 0.717) is 5.02 Å². The first-order valence-electron chi connectivity index (χ1n) is 5.98. The van der Waals surface area contributed by atoms with Crippen molar-refractivity contribution in [1.29, 1.82) is 0 Å². The number of amides is 3. The first kappa shape index (κ1) is 15.5. The zero-order valence-corrected chi connectivity index (χ0v) is 11.9. The number of rotatable bonds is 4. The summed E-state index contributed by atoms with van der Waals surface area (Å²) < 4.78 is 0. The maximum absolute atomic E-state index is 11.7. The van der Waals surface area contributed by atoms with Crippen molar-refractivity contribution in [3.63, 3.8) is 0 Å². The van der Waals surface area contributed by atoms with Crippen molar-refractivity contribution in [2.24, 2.45) is 0 Å². The van der Waals surface area contributed by atoms with E-state index in [4.69, 9.17) is 11.6 Å². The van der Waals surface area contributed by atoms with Gasteiger partial charge >= 0.3 is 6.03 Å². The molecule has 0 radical (unpaired) electrons. The second-order valence-electron chi connectivity index (χ2n) is 4.23. The molecule has 0 spiro atoms. The molecule has 0 bridgehead atoms. The topological polar surface area (TPSA) is 70.2 Å². The van der Waals surface area contributed by atoms with Gasteiger partial charge in [0, 0.05) is 18.1 Å². The van der Waals surface area contributed by atoms with Crippen molar-refractivity contribution >= 4 is 23.5 Å². The molecule has 0 heterocycles. The summed E-state index contributed by atoms with van der Waals surface area (Å²) in [6.45, 7) is 3.62. The minimum Gasteiger partial charge on any atom is -0.341 e. The van der Waals surface area contributed by atoms with Crippen LogP contribution in [0.15, 0.2) is 24.3 Å². The Morgan fingerprint density at radius 2 is 1.95 bits per heavy atom. The zero-order valence-electron chi connectivity index (χ0n) is 11.2. The summed E-state index contributed by atoms with van der Waals surface area (Å²) in [5, 5.41) is 8.30. The predicted molar refractivity (Wildman–Crippen MR) is 75.1 cm³/mol. The van der Waals surface area contributed by atoms with E-state index in [-0.39, 0.29) is 11.9 Å². The fourth-order valence-corrected chi connectivity index (χ4v) is 1.80. The van der Waals surface area contributed by atoms with Gasteiger partial charge in [0.25, 0.3) is 0 Å². The fraction of sp³-hybridized carbons (Fsp3) is 0.385. The van der Waals surface area contributed by atoms with Crippen molar-refractivity contribution in [3.8, 4) is 0 Å². The standard InChI is InChI=1S/C13H18ClN3O2/c1-8(10-5-4-6-11(14)7-10)16-9(2)12(18)17-13(19)15-3/h4-9,16H,1-3H3,(H2,15,17,18,19)/t8-,9+/m1/s1. The van der Waals surface area contributed by atoms with Gasteiger partial charge in [0.05, 0.1) is 6.04 Å². The predicted octanol–water partition coefficient (Wildman–Crippen LogP) is 1.83. The summed E-state index contributed by atoms with van der Waals surface area (Å²) in [7, 11) is 1.45. The summed E-state index contributed by atoms with van der Waals surface area (Å²) in [5.41, 5.74) is 0.979. The number of carbonyl (C=O) groups excluding carboxylic acids is 2. The van der Waals surface area contributed by atoms with E-state index in [1.165, 1.54) is 7.05 Å². The second kappa shape index (κ2) is 7.11. The molecule has 0 aromatic heterocycles. The Morgan fingerprint density at radius 3 is 2.53 bits per heavy atom. The minimum absolute atomic E-state index is 0.0517. The molecule has 6 heteroatoms. The Bertz CT molecular complexity index is 465. The Balaban J connectivity index is 2.58. The molecular weight excluding hydrogens is 266 g/mol. The first-order chi connectivity index (χ1) is 8.93. The quantitative estimate of drug-likeness (QED) is 0.790. The second-order valence-corrected chi connectivity index (χ2v) is 4.67. The molecule has 0 fully saturated rings. The number of nitrogens with one attached hydrogen (secondary N) is 3. The number of carbonyl (C=O) groups is 2. The van der Waals surface area contributed by atoms with E-state index >= 15 is 0 Å². The van der Waals surface area contributed by atoms with Crippen LogP contribution in [0.5, 0.6) is 0 Å². The fourth-order valence-electron chi connectivity index (χ4n) is 1.61. The summed E-state index contributed by atoms with van der Waals surface area (Å²) in [6, 6.07) is 6.34. The highest BCUT2D eigenvalue weighted by molar-refractivity contribution is 6.30. The van der Waals surface area contributed by atoms with Crippen molar-refractivity contribution in [2.75, 3.05) is 7.05 Å². The molecular formula is C13H18ClN3O2. The van der Waals surface area contributed by atoms with Gasteiger partial charge in [-0.2, -0.15) is 0 Å². The highest BCUT2D eigenvalue weighted by atomic mass is 35.5. The molecule has 19 heavy (non-hydrogen) atoms. The van der Waals surface area contributed by atoms with Crippen LogP contribution in [-0.2, 0) is 4.79 Å². The number of urea groups is 1. The van der Waals surface area contributed by atoms with Gasteiger partial charge < -0.3 is 5.32 Å². The molecule has 1 aromatic carbocycles. The molecule has 2 atom stereocenters. The van der Waals surface area contributed by atoms with Gasteiger partial charge in [-0.3, -0.25) is 15.4 Å². The van der Waals surface area contributed by atoms with Gasteiger partial charge in [0.2, 0.25) is 5.91 Å². The van der Waals surface area contributed by atoms with Crippen LogP contribution >= 0.6 is 11.6 Å².